The van der Waals surface area contributed by atoms with E-state index < -0.39 is 5.69 Å². The van der Waals surface area contributed by atoms with Crippen LogP contribution in [0.3, 0.4) is 0 Å². The Labute approximate surface area is 190 Å². The van der Waals surface area contributed by atoms with Gasteiger partial charge in [0.05, 0.1) is 18.2 Å². The summed E-state index contributed by atoms with van der Waals surface area (Å²) in [6, 6.07) is 8.92. The number of carbonyl (C=O) groups excluding carboxylic acids is 1. The maximum atomic E-state index is 13.1. The van der Waals surface area contributed by atoms with E-state index >= 15 is 0 Å². The van der Waals surface area contributed by atoms with Crippen molar-refractivity contribution in [1.29, 1.82) is 0 Å². The van der Waals surface area contributed by atoms with Crippen LogP contribution >= 0.6 is 22.9 Å². The van der Waals surface area contributed by atoms with Gasteiger partial charge in [0.1, 0.15) is 11.2 Å². The number of carbonyl (C=O) groups is 1. The second-order valence-electron chi connectivity index (χ2n) is 7.63. The number of hydrogen-bond acceptors (Lipinski definition) is 6. The van der Waals surface area contributed by atoms with Crippen molar-refractivity contribution in [2.45, 2.75) is 38.6 Å². The predicted molar refractivity (Wildman–Crippen MR) is 121 cm³/mol. The molecular weight excluding hydrogens is 454 g/mol. The van der Waals surface area contributed by atoms with E-state index in [0.29, 0.717) is 28.4 Å². The molecule has 5 rings (SSSR count). The van der Waals surface area contributed by atoms with Crippen LogP contribution in [-0.4, -0.2) is 37.4 Å². The lowest BCUT2D eigenvalue weighted by Crippen LogP contribution is -2.32. The molecule has 4 aromatic rings. The van der Waals surface area contributed by atoms with Crippen molar-refractivity contribution in [3.05, 3.63) is 67.1 Å². The van der Waals surface area contributed by atoms with Crippen molar-refractivity contribution >= 4 is 44.8 Å². The molecule has 0 saturated carbocycles. The van der Waals surface area contributed by atoms with Crippen LogP contribution in [0.1, 0.15) is 18.4 Å². The van der Waals surface area contributed by atoms with Crippen LogP contribution < -0.4 is 16.6 Å². The number of benzene rings is 1. The molecule has 9 nitrogen and oxygen atoms in total. The molecule has 0 aliphatic carbocycles. The maximum absolute atomic E-state index is 13.1. The molecule has 1 saturated heterocycles. The predicted octanol–water partition coefficient (Wildman–Crippen LogP) is 2.02. The molecule has 1 aromatic carbocycles. The van der Waals surface area contributed by atoms with Gasteiger partial charge in [-0.05, 0) is 35.9 Å². The fourth-order valence-electron chi connectivity index (χ4n) is 3.92. The van der Waals surface area contributed by atoms with E-state index in [1.54, 1.807) is 17.5 Å². The average molecular weight is 474 g/mol. The van der Waals surface area contributed by atoms with Crippen molar-refractivity contribution in [2.75, 3.05) is 6.61 Å². The van der Waals surface area contributed by atoms with Gasteiger partial charge in [0.15, 0.2) is 0 Å². The SMILES string of the molecule is O=C(Cn1nc2n(CC3CCCO3)c(=O)c3sccc3n2c1=O)NCc1ccccc1Cl. The summed E-state index contributed by atoms with van der Waals surface area (Å²) in [6.45, 7) is 0.930. The summed E-state index contributed by atoms with van der Waals surface area (Å²) < 4.78 is 10.1. The average Bonchev–Trinajstić information content (AvgIpc) is 3.52. The standard InChI is InChI=1S/C21H20ClN5O4S/c22-15-6-2-1-4-13(15)10-23-17(28)12-26-21(30)27-16-7-9-32-18(16)19(29)25(20(27)24-26)11-14-5-3-8-31-14/h1-2,4,6-7,9,14H,3,5,8,10-12H2,(H,23,28). The molecule has 1 aliphatic heterocycles. The summed E-state index contributed by atoms with van der Waals surface area (Å²) >= 11 is 7.41. The van der Waals surface area contributed by atoms with Gasteiger partial charge in [0.2, 0.25) is 11.7 Å². The Morgan fingerprint density at radius 3 is 2.91 bits per heavy atom. The number of nitrogens with zero attached hydrogens (tertiary/aromatic N) is 4. The number of rotatable bonds is 6. The van der Waals surface area contributed by atoms with Gasteiger partial charge in [-0.15, -0.1) is 16.4 Å². The summed E-state index contributed by atoms with van der Waals surface area (Å²) in [4.78, 5) is 38.7. The Morgan fingerprint density at radius 2 is 2.12 bits per heavy atom. The van der Waals surface area contributed by atoms with Gasteiger partial charge in [0, 0.05) is 18.2 Å². The van der Waals surface area contributed by atoms with E-state index in [1.165, 1.54) is 20.3 Å². The second-order valence-corrected chi connectivity index (χ2v) is 8.95. The van der Waals surface area contributed by atoms with Gasteiger partial charge in [-0.1, -0.05) is 29.8 Å². The van der Waals surface area contributed by atoms with E-state index in [2.05, 4.69) is 10.4 Å². The van der Waals surface area contributed by atoms with Crippen LogP contribution in [-0.2, 0) is 29.2 Å². The van der Waals surface area contributed by atoms with Crippen LogP contribution in [0.15, 0.2) is 45.3 Å². The lowest BCUT2D eigenvalue weighted by atomic mass is 10.2. The van der Waals surface area contributed by atoms with Crippen LogP contribution in [0.2, 0.25) is 5.02 Å². The van der Waals surface area contributed by atoms with Crippen molar-refractivity contribution in [3.63, 3.8) is 0 Å². The highest BCUT2D eigenvalue weighted by Gasteiger charge is 2.23. The zero-order chi connectivity index (χ0) is 22.2. The lowest BCUT2D eigenvalue weighted by molar-refractivity contribution is -0.122. The van der Waals surface area contributed by atoms with E-state index in [-0.39, 0.29) is 36.4 Å². The third-order valence-electron chi connectivity index (χ3n) is 5.53. The minimum atomic E-state index is -0.475. The minimum absolute atomic E-state index is 0.104. The number of fused-ring (bicyclic) bond motifs is 3. The van der Waals surface area contributed by atoms with Gasteiger partial charge in [-0.25, -0.2) is 13.9 Å². The molecule has 1 aliphatic rings. The van der Waals surface area contributed by atoms with E-state index in [1.807, 2.05) is 18.2 Å². The number of thiophene rings is 1. The molecular formula is C21H20ClN5O4S. The summed E-state index contributed by atoms with van der Waals surface area (Å²) in [5.74, 6) is -0.176. The van der Waals surface area contributed by atoms with Crippen molar-refractivity contribution in [3.8, 4) is 0 Å². The summed E-state index contributed by atoms with van der Waals surface area (Å²) in [6.07, 6.45) is 1.67. The summed E-state index contributed by atoms with van der Waals surface area (Å²) in [7, 11) is 0. The molecule has 166 valence electrons. The number of ether oxygens (including phenoxy) is 1. The monoisotopic (exact) mass is 473 g/mol. The van der Waals surface area contributed by atoms with Gasteiger partial charge in [0.25, 0.3) is 5.56 Å². The molecule has 1 unspecified atom stereocenters. The largest absolute Gasteiger partial charge is 0.376 e. The Bertz CT molecular complexity index is 1430. The lowest BCUT2D eigenvalue weighted by Gasteiger charge is -2.12. The number of amides is 1. The molecule has 0 spiro atoms. The number of nitrogens with one attached hydrogen (secondary N) is 1. The zero-order valence-electron chi connectivity index (χ0n) is 17.0. The van der Waals surface area contributed by atoms with Crippen LogP contribution in [0.25, 0.3) is 16.0 Å². The van der Waals surface area contributed by atoms with Crippen LogP contribution in [0.5, 0.6) is 0 Å². The van der Waals surface area contributed by atoms with Gasteiger partial charge in [-0.2, -0.15) is 0 Å². The number of halogens is 1. The first kappa shape index (κ1) is 20.9. The van der Waals surface area contributed by atoms with Crippen molar-refractivity contribution in [1.82, 2.24) is 24.1 Å². The van der Waals surface area contributed by atoms with Gasteiger partial charge >= 0.3 is 5.69 Å². The van der Waals surface area contributed by atoms with Crippen molar-refractivity contribution < 1.29 is 9.53 Å². The third-order valence-corrected chi connectivity index (χ3v) is 6.79. The molecule has 3 aromatic heterocycles. The molecule has 11 heteroatoms. The molecule has 1 atom stereocenters. The Kier molecular flexibility index (Phi) is 5.58. The topological polar surface area (TPSA) is 99.6 Å². The first-order chi connectivity index (χ1) is 15.5. The first-order valence-electron chi connectivity index (χ1n) is 10.2. The molecule has 1 amide bonds. The first-order valence-corrected chi connectivity index (χ1v) is 11.5. The number of aromatic nitrogens is 4. The second kappa shape index (κ2) is 8.53. The molecule has 32 heavy (non-hydrogen) atoms. The molecule has 1 N–H and O–H groups in total. The summed E-state index contributed by atoms with van der Waals surface area (Å²) in [5, 5.41) is 9.42. The summed E-state index contributed by atoms with van der Waals surface area (Å²) in [5.41, 5.74) is 0.581. The molecule has 1 fully saturated rings. The highest BCUT2D eigenvalue weighted by Crippen LogP contribution is 2.19. The maximum Gasteiger partial charge on any atom is 0.352 e. The third kappa shape index (κ3) is 3.74. The molecule has 4 heterocycles. The van der Waals surface area contributed by atoms with Gasteiger partial charge in [-0.3, -0.25) is 14.2 Å². The highest BCUT2D eigenvalue weighted by molar-refractivity contribution is 7.17. The van der Waals surface area contributed by atoms with E-state index in [4.69, 9.17) is 16.3 Å². The quantitative estimate of drug-likeness (QED) is 0.462. The normalized spacial score (nSPS) is 16.2. The minimum Gasteiger partial charge on any atom is -0.376 e. The highest BCUT2D eigenvalue weighted by atomic mass is 35.5. The fraction of sp³-hybridized carbons (Fsp3) is 0.333. The van der Waals surface area contributed by atoms with Crippen LogP contribution in [0.4, 0.5) is 0 Å². The molecule has 0 radical (unpaired) electrons. The van der Waals surface area contributed by atoms with Crippen LogP contribution in [0, 0.1) is 0 Å². The van der Waals surface area contributed by atoms with Gasteiger partial charge < -0.3 is 10.1 Å². The number of hydrogen-bond donors (Lipinski definition) is 1. The Balaban J connectivity index is 1.48. The zero-order valence-corrected chi connectivity index (χ0v) is 18.6. The van der Waals surface area contributed by atoms with E-state index in [9.17, 15) is 14.4 Å². The smallest absolute Gasteiger partial charge is 0.352 e. The van der Waals surface area contributed by atoms with Crippen molar-refractivity contribution in [2.24, 2.45) is 0 Å². The fourth-order valence-corrected chi connectivity index (χ4v) is 4.95. The van der Waals surface area contributed by atoms with E-state index in [0.717, 1.165) is 23.1 Å². The molecule has 0 bridgehead atoms. The Hall–Kier alpha value is -2.95. The Morgan fingerprint density at radius 1 is 1.28 bits per heavy atom.